The molecular formula is C12H24ClNO. The van der Waals surface area contributed by atoms with Crippen LogP contribution in [0.5, 0.6) is 0 Å². The van der Waals surface area contributed by atoms with Crippen molar-refractivity contribution >= 4 is 11.6 Å². The molecule has 0 radical (unpaired) electrons. The average Bonchev–Trinajstić information content (AvgIpc) is 2.18. The van der Waals surface area contributed by atoms with Gasteiger partial charge in [0.05, 0.1) is 12.7 Å². The molecule has 0 N–H and O–H groups in total. The van der Waals surface area contributed by atoms with E-state index in [-0.39, 0.29) is 0 Å². The number of rotatable bonds is 6. The number of halogens is 1. The molecule has 0 saturated carbocycles. The highest BCUT2D eigenvalue weighted by atomic mass is 35.5. The number of nitrogens with zero attached hydrogens (tertiary/aromatic N) is 1. The van der Waals surface area contributed by atoms with Gasteiger partial charge in [-0.05, 0) is 45.6 Å². The van der Waals surface area contributed by atoms with Gasteiger partial charge in [0.2, 0.25) is 0 Å². The molecule has 1 heterocycles. The Bertz CT molecular complexity index is 162. The second-order valence-electron chi connectivity index (χ2n) is 4.71. The SMILES string of the molecule is CC(C)OCCN1CCCC(CCCl)C1. The first-order chi connectivity index (χ1) is 7.22. The average molecular weight is 234 g/mol. The molecule has 1 aliphatic heterocycles. The molecule has 0 spiro atoms. The van der Waals surface area contributed by atoms with Crippen LogP contribution in [0.1, 0.15) is 33.1 Å². The van der Waals surface area contributed by atoms with Crippen molar-refractivity contribution in [2.24, 2.45) is 5.92 Å². The highest BCUT2D eigenvalue weighted by molar-refractivity contribution is 6.17. The van der Waals surface area contributed by atoms with E-state index in [1.54, 1.807) is 0 Å². The Morgan fingerprint density at radius 3 is 2.93 bits per heavy atom. The maximum absolute atomic E-state index is 5.79. The van der Waals surface area contributed by atoms with E-state index in [1.807, 2.05) is 0 Å². The third-order valence-electron chi connectivity index (χ3n) is 2.98. The Balaban J connectivity index is 2.12. The first-order valence-corrected chi connectivity index (χ1v) is 6.65. The summed E-state index contributed by atoms with van der Waals surface area (Å²) in [5.74, 6) is 1.62. The topological polar surface area (TPSA) is 12.5 Å². The predicted molar refractivity (Wildman–Crippen MR) is 65.6 cm³/mol. The van der Waals surface area contributed by atoms with Gasteiger partial charge in [0.25, 0.3) is 0 Å². The van der Waals surface area contributed by atoms with E-state index in [2.05, 4.69) is 18.7 Å². The Morgan fingerprint density at radius 2 is 2.27 bits per heavy atom. The molecule has 1 rings (SSSR count). The summed E-state index contributed by atoms with van der Waals surface area (Å²) >= 11 is 5.79. The van der Waals surface area contributed by atoms with Crippen LogP contribution in [0.2, 0.25) is 0 Å². The Kier molecular flexibility index (Phi) is 6.62. The maximum atomic E-state index is 5.79. The summed E-state index contributed by atoms with van der Waals surface area (Å²) in [5, 5.41) is 0. The van der Waals surface area contributed by atoms with Crippen LogP contribution in [0.4, 0.5) is 0 Å². The fraction of sp³-hybridized carbons (Fsp3) is 1.00. The van der Waals surface area contributed by atoms with Crippen molar-refractivity contribution in [2.45, 2.75) is 39.2 Å². The monoisotopic (exact) mass is 233 g/mol. The van der Waals surface area contributed by atoms with E-state index in [0.717, 1.165) is 24.9 Å². The quantitative estimate of drug-likeness (QED) is 0.655. The van der Waals surface area contributed by atoms with Crippen LogP contribution in [-0.4, -0.2) is 43.1 Å². The highest BCUT2D eigenvalue weighted by Gasteiger charge is 2.18. The molecule has 0 aromatic heterocycles. The molecule has 15 heavy (non-hydrogen) atoms. The van der Waals surface area contributed by atoms with E-state index >= 15 is 0 Å². The number of piperidine rings is 1. The Hall–Kier alpha value is 0.210. The zero-order valence-electron chi connectivity index (χ0n) is 10.0. The van der Waals surface area contributed by atoms with Gasteiger partial charge in [-0.25, -0.2) is 0 Å². The van der Waals surface area contributed by atoms with Crippen molar-refractivity contribution in [3.8, 4) is 0 Å². The van der Waals surface area contributed by atoms with Crippen LogP contribution in [-0.2, 0) is 4.74 Å². The number of ether oxygens (including phenoxy) is 1. The third kappa shape index (κ3) is 5.74. The molecule has 1 aliphatic rings. The summed E-state index contributed by atoms with van der Waals surface area (Å²) in [6, 6.07) is 0. The first kappa shape index (κ1) is 13.3. The third-order valence-corrected chi connectivity index (χ3v) is 3.20. The van der Waals surface area contributed by atoms with Crippen LogP contribution in [0.15, 0.2) is 0 Å². The normalized spacial score (nSPS) is 23.6. The van der Waals surface area contributed by atoms with E-state index in [9.17, 15) is 0 Å². The minimum absolute atomic E-state index is 0.355. The van der Waals surface area contributed by atoms with E-state index in [4.69, 9.17) is 16.3 Å². The molecule has 0 amide bonds. The van der Waals surface area contributed by atoms with Crippen molar-refractivity contribution < 1.29 is 4.74 Å². The zero-order chi connectivity index (χ0) is 11.1. The maximum Gasteiger partial charge on any atom is 0.0596 e. The largest absolute Gasteiger partial charge is 0.377 e. The van der Waals surface area contributed by atoms with Crippen LogP contribution in [0.3, 0.4) is 0 Å². The van der Waals surface area contributed by atoms with Crippen LogP contribution >= 0.6 is 11.6 Å². The standard InChI is InChI=1S/C12H24ClNO/c1-11(2)15-9-8-14-7-3-4-12(10-14)5-6-13/h11-12H,3-10H2,1-2H3. The zero-order valence-corrected chi connectivity index (χ0v) is 10.8. The molecular weight excluding hydrogens is 210 g/mol. The lowest BCUT2D eigenvalue weighted by Gasteiger charge is -2.32. The molecule has 2 nitrogen and oxygen atoms in total. The van der Waals surface area contributed by atoms with E-state index < -0.39 is 0 Å². The van der Waals surface area contributed by atoms with Crippen molar-refractivity contribution in [3.05, 3.63) is 0 Å². The Labute approximate surface area is 98.9 Å². The fourth-order valence-electron chi connectivity index (χ4n) is 2.16. The summed E-state index contributed by atoms with van der Waals surface area (Å²) in [5.41, 5.74) is 0. The summed E-state index contributed by atoms with van der Waals surface area (Å²) in [7, 11) is 0. The predicted octanol–water partition coefficient (Wildman–Crippen LogP) is 2.75. The highest BCUT2D eigenvalue weighted by Crippen LogP contribution is 2.19. The Morgan fingerprint density at radius 1 is 1.47 bits per heavy atom. The molecule has 0 aliphatic carbocycles. The van der Waals surface area contributed by atoms with Gasteiger partial charge in [0, 0.05) is 19.0 Å². The number of likely N-dealkylation sites (tertiary alicyclic amines) is 1. The lowest BCUT2D eigenvalue weighted by atomic mass is 9.96. The van der Waals surface area contributed by atoms with Gasteiger partial charge in [-0.15, -0.1) is 11.6 Å². The number of hydrogen-bond donors (Lipinski definition) is 0. The second-order valence-corrected chi connectivity index (χ2v) is 5.08. The molecule has 0 aromatic rings. The fourth-order valence-corrected chi connectivity index (χ4v) is 2.47. The van der Waals surface area contributed by atoms with E-state index in [0.29, 0.717) is 6.10 Å². The summed E-state index contributed by atoms with van der Waals surface area (Å²) in [6.07, 6.45) is 4.20. The van der Waals surface area contributed by atoms with Crippen molar-refractivity contribution in [2.75, 3.05) is 32.1 Å². The number of hydrogen-bond acceptors (Lipinski definition) is 2. The van der Waals surface area contributed by atoms with Crippen LogP contribution in [0, 0.1) is 5.92 Å². The van der Waals surface area contributed by atoms with Gasteiger partial charge < -0.3 is 9.64 Å². The van der Waals surface area contributed by atoms with Crippen LogP contribution in [0.25, 0.3) is 0 Å². The number of alkyl halides is 1. The van der Waals surface area contributed by atoms with Gasteiger partial charge in [-0.3, -0.25) is 0 Å². The minimum Gasteiger partial charge on any atom is -0.377 e. The molecule has 3 heteroatoms. The lowest BCUT2D eigenvalue weighted by molar-refractivity contribution is 0.0485. The van der Waals surface area contributed by atoms with Crippen molar-refractivity contribution in [3.63, 3.8) is 0 Å². The smallest absolute Gasteiger partial charge is 0.0596 e. The van der Waals surface area contributed by atoms with Gasteiger partial charge in [0.15, 0.2) is 0 Å². The molecule has 1 atom stereocenters. The van der Waals surface area contributed by atoms with E-state index in [1.165, 1.54) is 32.4 Å². The molecule has 90 valence electrons. The molecule has 1 saturated heterocycles. The molecule has 1 unspecified atom stereocenters. The molecule has 0 aromatic carbocycles. The van der Waals surface area contributed by atoms with Crippen molar-refractivity contribution in [1.29, 1.82) is 0 Å². The van der Waals surface area contributed by atoms with Gasteiger partial charge in [-0.2, -0.15) is 0 Å². The molecule has 0 bridgehead atoms. The summed E-state index contributed by atoms with van der Waals surface area (Å²) < 4.78 is 5.57. The van der Waals surface area contributed by atoms with Crippen molar-refractivity contribution in [1.82, 2.24) is 4.90 Å². The summed E-state index contributed by atoms with van der Waals surface area (Å²) in [6.45, 7) is 8.58. The molecule has 1 fully saturated rings. The van der Waals surface area contributed by atoms with Gasteiger partial charge in [0.1, 0.15) is 0 Å². The minimum atomic E-state index is 0.355. The second kappa shape index (κ2) is 7.48. The summed E-state index contributed by atoms with van der Waals surface area (Å²) in [4.78, 5) is 2.52. The van der Waals surface area contributed by atoms with Gasteiger partial charge >= 0.3 is 0 Å². The first-order valence-electron chi connectivity index (χ1n) is 6.12. The van der Waals surface area contributed by atoms with Crippen LogP contribution < -0.4 is 0 Å². The lowest BCUT2D eigenvalue weighted by Crippen LogP contribution is -2.38. The van der Waals surface area contributed by atoms with Gasteiger partial charge in [-0.1, -0.05) is 0 Å².